The van der Waals surface area contributed by atoms with Crippen LogP contribution in [0.15, 0.2) is 59.5 Å². The third-order valence-corrected chi connectivity index (χ3v) is 4.62. The molecule has 0 spiro atoms. The molecule has 0 atom stereocenters. The molecule has 0 saturated heterocycles. The molecule has 2 heterocycles. The quantitative estimate of drug-likeness (QED) is 0.471. The van der Waals surface area contributed by atoms with Crippen molar-refractivity contribution >= 4 is 15.9 Å². The third kappa shape index (κ3) is 4.12. The van der Waals surface area contributed by atoms with Gasteiger partial charge in [-0.1, -0.05) is 54.2 Å². The van der Waals surface area contributed by atoms with Gasteiger partial charge in [0.1, 0.15) is 5.82 Å². The van der Waals surface area contributed by atoms with Crippen molar-refractivity contribution in [2.45, 2.75) is 39.2 Å². The molecule has 0 fully saturated rings. The van der Waals surface area contributed by atoms with Crippen molar-refractivity contribution < 1.29 is 0 Å². The number of aromatic nitrogens is 3. The first-order valence-electron chi connectivity index (χ1n) is 8.51. The standard InChI is InChI=1S/C20H22BrN3/c1-2-3-4-5-13-24-15-19(16-8-10-18(21)11-9-16)23-20(24)17-7-6-12-22-14-17/h6-12,14-15H,2-5,13H2,1H3. The van der Waals surface area contributed by atoms with E-state index in [0.29, 0.717) is 0 Å². The number of pyridine rings is 1. The second-order valence-corrected chi connectivity index (χ2v) is 6.87. The van der Waals surface area contributed by atoms with Crippen molar-refractivity contribution in [2.24, 2.45) is 0 Å². The number of halogens is 1. The van der Waals surface area contributed by atoms with Gasteiger partial charge in [0.25, 0.3) is 0 Å². The molecule has 4 heteroatoms. The van der Waals surface area contributed by atoms with Crippen molar-refractivity contribution in [3.63, 3.8) is 0 Å². The summed E-state index contributed by atoms with van der Waals surface area (Å²) in [5.74, 6) is 0.998. The van der Waals surface area contributed by atoms with Crippen LogP contribution in [0, 0.1) is 0 Å². The Labute approximate surface area is 151 Å². The van der Waals surface area contributed by atoms with Gasteiger partial charge in [-0.2, -0.15) is 0 Å². The van der Waals surface area contributed by atoms with Crippen molar-refractivity contribution in [1.29, 1.82) is 0 Å². The Morgan fingerprint density at radius 2 is 1.83 bits per heavy atom. The zero-order chi connectivity index (χ0) is 16.8. The van der Waals surface area contributed by atoms with Crippen LogP contribution >= 0.6 is 15.9 Å². The predicted molar refractivity (Wildman–Crippen MR) is 103 cm³/mol. The average molecular weight is 384 g/mol. The zero-order valence-electron chi connectivity index (χ0n) is 14.0. The molecule has 0 aliphatic carbocycles. The largest absolute Gasteiger partial charge is 0.330 e. The summed E-state index contributed by atoms with van der Waals surface area (Å²) in [5.41, 5.74) is 3.21. The molecule has 0 aliphatic heterocycles. The van der Waals surface area contributed by atoms with Crippen LogP contribution in [0.4, 0.5) is 0 Å². The van der Waals surface area contributed by atoms with Gasteiger partial charge >= 0.3 is 0 Å². The topological polar surface area (TPSA) is 30.7 Å². The summed E-state index contributed by atoms with van der Waals surface area (Å²) in [4.78, 5) is 9.13. The van der Waals surface area contributed by atoms with Crippen molar-refractivity contribution in [2.75, 3.05) is 0 Å². The first-order valence-corrected chi connectivity index (χ1v) is 9.30. The van der Waals surface area contributed by atoms with Gasteiger partial charge in [0.15, 0.2) is 0 Å². The lowest BCUT2D eigenvalue weighted by molar-refractivity contribution is 0.586. The molecule has 2 aromatic heterocycles. The lowest BCUT2D eigenvalue weighted by Gasteiger charge is -2.07. The summed E-state index contributed by atoms with van der Waals surface area (Å²) in [6, 6.07) is 12.3. The molecule has 0 unspecified atom stereocenters. The molecule has 0 amide bonds. The maximum Gasteiger partial charge on any atom is 0.142 e. The van der Waals surface area contributed by atoms with Crippen LogP contribution in [0.5, 0.6) is 0 Å². The lowest BCUT2D eigenvalue weighted by Crippen LogP contribution is -1.99. The molecule has 24 heavy (non-hydrogen) atoms. The number of hydrogen-bond donors (Lipinski definition) is 0. The van der Waals surface area contributed by atoms with Gasteiger partial charge in [-0.3, -0.25) is 4.98 Å². The van der Waals surface area contributed by atoms with E-state index in [1.165, 1.54) is 25.7 Å². The van der Waals surface area contributed by atoms with Crippen LogP contribution in [0.1, 0.15) is 32.6 Å². The van der Waals surface area contributed by atoms with E-state index in [1.807, 2.05) is 12.3 Å². The van der Waals surface area contributed by atoms with Crippen LogP contribution < -0.4 is 0 Å². The fourth-order valence-corrected chi connectivity index (χ4v) is 3.04. The lowest BCUT2D eigenvalue weighted by atomic mass is 10.2. The Kier molecular flexibility index (Phi) is 5.81. The number of imidazole rings is 1. The molecule has 1 aromatic carbocycles. The summed E-state index contributed by atoms with van der Waals surface area (Å²) in [7, 11) is 0. The average Bonchev–Trinajstić information content (AvgIpc) is 3.04. The highest BCUT2D eigenvalue weighted by Crippen LogP contribution is 2.26. The van der Waals surface area contributed by atoms with Gasteiger partial charge in [-0.05, 0) is 30.7 Å². The Morgan fingerprint density at radius 3 is 2.54 bits per heavy atom. The van der Waals surface area contributed by atoms with E-state index >= 15 is 0 Å². The minimum atomic E-state index is 0.994. The van der Waals surface area contributed by atoms with Gasteiger partial charge in [-0.25, -0.2) is 4.98 Å². The fourth-order valence-electron chi connectivity index (χ4n) is 2.78. The highest BCUT2D eigenvalue weighted by Gasteiger charge is 2.11. The van der Waals surface area contributed by atoms with Gasteiger partial charge in [-0.15, -0.1) is 0 Å². The predicted octanol–water partition coefficient (Wildman–Crippen LogP) is 5.95. The molecular formula is C20H22BrN3. The van der Waals surface area contributed by atoms with Crippen LogP contribution in [-0.2, 0) is 6.54 Å². The summed E-state index contributed by atoms with van der Waals surface area (Å²) < 4.78 is 3.35. The molecule has 3 nitrogen and oxygen atoms in total. The highest BCUT2D eigenvalue weighted by atomic mass is 79.9. The number of benzene rings is 1. The molecule has 3 rings (SSSR count). The van der Waals surface area contributed by atoms with Crippen molar-refractivity contribution in [1.82, 2.24) is 14.5 Å². The van der Waals surface area contributed by atoms with Gasteiger partial charge in [0.2, 0.25) is 0 Å². The third-order valence-electron chi connectivity index (χ3n) is 4.09. The van der Waals surface area contributed by atoms with Gasteiger partial charge < -0.3 is 4.57 Å². The van der Waals surface area contributed by atoms with E-state index in [4.69, 9.17) is 4.98 Å². The first-order chi connectivity index (χ1) is 11.8. The van der Waals surface area contributed by atoms with E-state index < -0.39 is 0 Å². The van der Waals surface area contributed by atoms with Crippen LogP contribution in [0.2, 0.25) is 0 Å². The highest BCUT2D eigenvalue weighted by molar-refractivity contribution is 9.10. The number of aryl methyl sites for hydroxylation is 1. The van der Waals surface area contributed by atoms with Crippen molar-refractivity contribution in [3.05, 3.63) is 59.5 Å². The fraction of sp³-hybridized carbons (Fsp3) is 0.300. The molecule has 0 bridgehead atoms. The van der Waals surface area contributed by atoms with Gasteiger partial charge in [0.05, 0.1) is 5.69 Å². The summed E-state index contributed by atoms with van der Waals surface area (Å²) in [6.45, 7) is 3.23. The minimum Gasteiger partial charge on any atom is -0.330 e. The van der Waals surface area contributed by atoms with Gasteiger partial charge in [0, 0.05) is 40.7 Å². The summed E-state index contributed by atoms with van der Waals surface area (Å²) >= 11 is 3.49. The number of unbranched alkanes of at least 4 members (excludes halogenated alkanes) is 3. The molecule has 0 radical (unpaired) electrons. The second kappa shape index (κ2) is 8.25. The number of hydrogen-bond acceptors (Lipinski definition) is 2. The second-order valence-electron chi connectivity index (χ2n) is 5.95. The monoisotopic (exact) mass is 383 g/mol. The van der Waals surface area contributed by atoms with E-state index in [0.717, 1.165) is 33.7 Å². The molecule has 0 aliphatic rings. The maximum absolute atomic E-state index is 4.89. The molecular weight excluding hydrogens is 362 g/mol. The smallest absolute Gasteiger partial charge is 0.142 e. The van der Waals surface area contributed by atoms with Crippen LogP contribution in [0.25, 0.3) is 22.6 Å². The normalized spacial score (nSPS) is 10.9. The Balaban J connectivity index is 1.91. The Morgan fingerprint density at radius 1 is 1.00 bits per heavy atom. The zero-order valence-corrected chi connectivity index (χ0v) is 15.5. The molecule has 124 valence electrons. The molecule has 3 aromatic rings. The van der Waals surface area contributed by atoms with Crippen molar-refractivity contribution in [3.8, 4) is 22.6 Å². The van der Waals surface area contributed by atoms with E-state index in [2.05, 4.69) is 68.9 Å². The van der Waals surface area contributed by atoms with Crippen LogP contribution in [0.3, 0.4) is 0 Å². The summed E-state index contributed by atoms with van der Waals surface area (Å²) in [6.07, 6.45) is 10.8. The maximum atomic E-state index is 4.89. The molecule has 0 saturated carbocycles. The van der Waals surface area contributed by atoms with E-state index in [1.54, 1.807) is 6.20 Å². The first kappa shape index (κ1) is 16.9. The Hall–Kier alpha value is -1.94. The number of rotatable bonds is 7. The van der Waals surface area contributed by atoms with E-state index in [-0.39, 0.29) is 0 Å². The number of nitrogens with zero attached hydrogens (tertiary/aromatic N) is 3. The Bertz CT molecular complexity index is 763. The molecule has 0 N–H and O–H groups in total. The van der Waals surface area contributed by atoms with E-state index in [9.17, 15) is 0 Å². The van der Waals surface area contributed by atoms with Crippen LogP contribution in [-0.4, -0.2) is 14.5 Å². The minimum absolute atomic E-state index is 0.994. The summed E-state index contributed by atoms with van der Waals surface area (Å²) in [5, 5.41) is 0. The SMILES string of the molecule is CCCCCCn1cc(-c2ccc(Br)cc2)nc1-c1cccnc1.